The second kappa shape index (κ2) is 12.5. The van der Waals surface area contributed by atoms with Gasteiger partial charge in [0.25, 0.3) is 10.0 Å². The Balaban J connectivity index is 1.64. The fourth-order valence-electron chi connectivity index (χ4n) is 3.07. The monoisotopic (exact) mass is 556 g/mol. The number of carbonyl (C=O) groups is 1. The standard InChI is InChI=1S/C24H23Cl2FN2O4S2/c1-33-20-7-9-21(10-8-20)35(31,32)29(19-5-3-18(27)4-6-19)15-24(30)28-12-13-34-16-17-2-11-22(25)23(26)14-17/h2-11,14H,12-13,15-16H2,1H3,(H,28,30). The number of anilines is 1. The third kappa shape index (κ3) is 7.51. The van der Waals surface area contributed by atoms with Gasteiger partial charge in [0, 0.05) is 18.1 Å². The molecule has 0 aliphatic heterocycles. The molecule has 11 heteroatoms. The number of amides is 1. The van der Waals surface area contributed by atoms with Gasteiger partial charge < -0.3 is 10.1 Å². The van der Waals surface area contributed by atoms with Crippen LogP contribution in [0, 0.1) is 5.82 Å². The molecule has 0 saturated heterocycles. The van der Waals surface area contributed by atoms with Crippen LogP contribution in [-0.2, 0) is 20.6 Å². The molecule has 3 aromatic rings. The van der Waals surface area contributed by atoms with Crippen molar-refractivity contribution in [2.24, 2.45) is 0 Å². The van der Waals surface area contributed by atoms with Crippen molar-refractivity contribution in [1.29, 1.82) is 0 Å². The van der Waals surface area contributed by atoms with Crippen molar-refractivity contribution in [3.05, 3.63) is 88.2 Å². The lowest BCUT2D eigenvalue weighted by atomic mass is 10.2. The molecular formula is C24H23Cl2FN2O4S2. The van der Waals surface area contributed by atoms with Crippen molar-refractivity contribution in [3.63, 3.8) is 0 Å². The number of carbonyl (C=O) groups excluding carboxylic acids is 1. The number of methoxy groups -OCH3 is 1. The fourth-order valence-corrected chi connectivity index (χ4v) is 5.61. The Kier molecular flexibility index (Phi) is 9.68. The number of nitrogens with one attached hydrogen (secondary N) is 1. The van der Waals surface area contributed by atoms with E-state index in [1.165, 1.54) is 43.5 Å². The molecule has 1 N–H and O–H groups in total. The quantitative estimate of drug-likeness (QED) is 0.320. The molecule has 35 heavy (non-hydrogen) atoms. The van der Waals surface area contributed by atoms with Crippen LogP contribution in [0.5, 0.6) is 5.75 Å². The number of thioether (sulfide) groups is 1. The van der Waals surface area contributed by atoms with Gasteiger partial charge in [0.15, 0.2) is 0 Å². The van der Waals surface area contributed by atoms with E-state index in [-0.39, 0.29) is 10.6 Å². The molecule has 0 aliphatic carbocycles. The predicted octanol–water partition coefficient (Wildman–Crippen LogP) is 5.39. The first-order valence-corrected chi connectivity index (χ1v) is 13.8. The molecule has 0 aliphatic rings. The van der Waals surface area contributed by atoms with Gasteiger partial charge in [0.1, 0.15) is 18.1 Å². The Hall–Kier alpha value is -2.46. The zero-order chi connectivity index (χ0) is 25.4. The maximum Gasteiger partial charge on any atom is 0.264 e. The average Bonchev–Trinajstić information content (AvgIpc) is 2.85. The van der Waals surface area contributed by atoms with Gasteiger partial charge in [0.2, 0.25) is 5.91 Å². The molecule has 0 spiro atoms. The maximum atomic E-state index is 13.4. The highest BCUT2D eigenvalue weighted by molar-refractivity contribution is 7.98. The number of hydrogen-bond acceptors (Lipinski definition) is 5. The zero-order valence-corrected chi connectivity index (χ0v) is 21.9. The highest BCUT2D eigenvalue weighted by Crippen LogP contribution is 2.26. The Morgan fingerprint density at radius 1 is 1.03 bits per heavy atom. The molecule has 0 heterocycles. The van der Waals surface area contributed by atoms with E-state index in [2.05, 4.69) is 5.32 Å². The molecule has 0 saturated carbocycles. The van der Waals surface area contributed by atoms with Gasteiger partial charge in [-0.25, -0.2) is 12.8 Å². The minimum Gasteiger partial charge on any atom is -0.497 e. The topological polar surface area (TPSA) is 75.7 Å². The smallest absolute Gasteiger partial charge is 0.264 e. The van der Waals surface area contributed by atoms with Gasteiger partial charge in [-0.15, -0.1) is 0 Å². The van der Waals surface area contributed by atoms with Crippen LogP contribution in [0.2, 0.25) is 10.0 Å². The van der Waals surface area contributed by atoms with Crippen LogP contribution in [0.3, 0.4) is 0 Å². The highest BCUT2D eigenvalue weighted by atomic mass is 35.5. The van der Waals surface area contributed by atoms with E-state index in [1.54, 1.807) is 23.9 Å². The third-order valence-electron chi connectivity index (χ3n) is 4.87. The molecule has 0 aromatic heterocycles. The Labute approximate surface area is 218 Å². The predicted molar refractivity (Wildman–Crippen MR) is 140 cm³/mol. The van der Waals surface area contributed by atoms with Crippen LogP contribution >= 0.6 is 35.0 Å². The van der Waals surface area contributed by atoms with Crippen molar-refractivity contribution >= 4 is 56.6 Å². The van der Waals surface area contributed by atoms with Gasteiger partial charge in [-0.3, -0.25) is 9.10 Å². The summed E-state index contributed by atoms with van der Waals surface area (Å²) in [7, 11) is -2.63. The van der Waals surface area contributed by atoms with Crippen LogP contribution in [-0.4, -0.2) is 40.3 Å². The fraction of sp³-hybridized carbons (Fsp3) is 0.208. The minimum atomic E-state index is -4.10. The molecule has 186 valence electrons. The molecule has 0 radical (unpaired) electrons. The summed E-state index contributed by atoms with van der Waals surface area (Å²) in [5.74, 6) is 0.780. The van der Waals surface area contributed by atoms with Crippen molar-refractivity contribution in [3.8, 4) is 5.75 Å². The van der Waals surface area contributed by atoms with Crippen molar-refractivity contribution in [2.75, 3.05) is 30.3 Å². The second-order valence-corrected chi connectivity index (χ2v) is 11.1. The number of sulfonamides is 1. The summed E-state index contributed by atoms with van der Waals surface area (Å²) in [6, 6.07) is 16.1. The Morgan fingerprint density at radius 3 is 2.34 bits per heavy atom. The van der Waals surface area contributed by atoms with Gasteiger partial charge in [-0.05, 0) is 66.2 Å². The van der Waals surface area contributed by atoms with Crippen LogP contribution in [0.4, 0.5) is 10.1 Å². The molecule has 0 bridgehead atoms. The SMILES string of the molecule is COc1ccc(S(=O)(=O)N(CC(=O)NCCSCc2ccc(Cl)c(Cl)c2)c2ccc(F)cc2)cc1. The number of rotatable bonds is 11. The first kappa shape index (κ1) is 27.1. The van der Waals surface area contributed by atoms with E-state index in [9.17, 15) is 17.6 Å². The number of halogens is 3. The van der Waals surface area contributed by atoms with E-state index in [4.69, 9.17) is 27.9 Å². The minimum absolute atomic E-state index is 0.0207. The lowest BCUT2D eigenvalue weighted by Crippen LogP contribution is -2.41. The average molecular weight is 557 g/mol. The third-order valence-corrected chi connectivity index (χ3v) is 8.43. The van der Waals surface area contributed by atoms with Crippen LogP contribution in [0.1, 0.15) is 5.56 Å². The van der Waals surface area contributed by atoms with E-state index in [1.807, 2.05) is 6.07 Å². The largest absolute Gasteiger partial charge is 0.497 e. The summed E-state index contributed by atoms with van der Waals surface area (Å²) in [5, 5.41) is 3.71. The summed E-state index contributed by atoms with van der Waals surface area (Å²) < 4.78 is 46.1. The highest BCUT2D eigenvalue weighted by Gasteiger charge is 2.27. The second-order valence-electron chi connectivity index (χ2n) is 7.31. The van der Waals surface area contributed by atoms with Crippen molar-refractivity contribution in [1.82, 2.24) is 5.32 Å². The van der Waals surface area contributed by atoms with Gasteiger partial charge in [-0.2, -0.15) is 11.8 Å². The summed E-state index contributed by atoms with van der Waals surface area (Å²) in [6.07, 6.45) is 0. The summed E-state index contributed by atoms with van der Waals surface area (Å²) in [5.41, 5.74) is 1.18. The lowest BCUT2D eigenvalue weighted by Gasteiger charge is -2.24. The van der Waals surface area contributed by atoms with E-state index in [0.717, 1.165) is 22.0 Å². The molecule has 3 rings (SSSR count). The number of hydrogen-bond donors (Lipinski definition) is 1. The maximum absolute atomic E-state index is 13.4. The van der Waals surface area contributed by atoms with Crippen molar-refractivity contribution in [2.45, 2.75) is 10.6 Å². The molecule has 0 fully saturated rings. The van der Waals surface area contributed by atoms with E-state index < -0.39 is 28.3 Å². The zero-order valence-electron chi connectivity index (χ0n) is 18.7. The van der Waals surface area contributed by atoms with Crippen LogP contribution in [0.15, 0.2) is 71.6 Å². The molecular weight excluding hydrogens is 534 g/mol. The molecule has 6 nitrogen and oxygen atoms in total. The Morgan fingerprint density at radius 2 is 1.71 bits per heavy atom. The molecule has 0 atom stereocenters. The number of benzene rings is 3. The number of nitrogens with zero attached hydrogens (tertiary/aromatic N) is 1. The molecule has 1 amide bonds. The summed E-state index contributed by atoms with van der Waals surface area (Å²) >= 11 is 13.5. The summed E-state index contributed by atoms with van der Waals surface area (Å²) in [6.45, 7) is -0.123. The van der Waals surface area contributed by atoms with Crippen molar-refractivity contribution < 1.29 is 22.3 Å². The molecule has 0 unspecified atom stereocenters. The Bertz CT molecular complexity index is 1260. The summed E-state index contributed by atoms with van der Waals surface area (Å²) in [4.78, 5) is 12.6. The van der Waals surface area contributed by atoms with Gasteiger partial charge in [0.05, 0.1) is 27.7 Å². The normalized spacial score (nSPS) is 11.2. The van der Waals surface area contributed by atoms with Crippen LogP contribution < -0.4 is 14.4 Å². The van der Waals surface area contributed by atoms with Gasteiger partial charge in [-0.1, -0.05) is 29.3 Å². The number of ether oxygens (including phenoxy) is 1. The van der Waals surface area contributed by atoms with E-state index >= 15 is 0 Å². The lowest BCUT2D eigenvalue weighted by molar-refractivity contribution is -0.119. The first-order chi connectivity index (χ1) is 16.7. The van der Waals surface area contributed by atoms with Gasteiger partial charge >= 0.3 is 0 Å². The van der Waals surface area contributed by atoms with Crippen LogP contribution in [0.25, 0.3) is 0 Å². The molecule has 3 aromatic carbocycles. The van der Waals surface area contributed by atoms with E-state index in [0.29, 0.717) is 33.8 Å². The first-order valence-electron chi connectivity index (χ1n) is 10.4.